The summed E-state index contributed by atoms with van der Waals surface area (Å²) in [5, 5.41) is 15.1. The minimum atomic E-state index is -0.445. The molecule has 1 fully saturated rings. The molecule has 2 aromatic carbocycles. The van der Waals surface area contributed by atoms with E-state index in [1.165, 1.54) is 31.0 Å². The molecule has 1 saturated carbocycles. The Balaban J connectivity index is 1.81. The van der Waals surface area contributed by atoms with Gasteiger partial charge in [-0.2, -0.15) is 0 Å². The lowest BCUT2D eigenvalue weighted by Gasteiger charge is -2.32. The van der Waals surface area contributed by atoms with E-state index in [1.54, 1.807) is 0 Å². The Morgan fingerprint density at radius 2 is 2.04 bits per heavy atom. The average molecular weight is 390 g/mol. The van der Waals surface area contributed by atoms with Gasteiger partial charge in [0.2, 0.25) is 0 Å². The van der Waals surface area contributed by atoms with Crippen molar-refractivity contribution in [1.29, 1.82) is 0 Å². The maximum absolute atomic E-state index is 11.0. The number of hydrogen-bond acceptors (Lipinski definition) is 3. The van der Waals surface area contributed by atoms with Gasteiger partial charge in [0.1, 0.15) is 0 Å². The molecule has 0 heterocycles. The van der Waals surface area contributed by atoms with Crippen molar-refractivity contribution in [2.24, 2.45) is 5.92 Å². The number of nitro benzene ring substituents is 1. The topological polar surface area (TPSA) is 58.4 Å². The van der Waals surface area contributed by atoms with Crippen molar-refractivity contribution < 1.29 is 4.92 Å². The van der Waals surface area contributed by atoms with Gasteiger partial charge in [0.15, 0.2) is 5.11 Å². The van der Waals surface area contributed by atoms with E-state index in [1.807, 2.05) is 18.2 Å². The van der Waals surface area contributed by atoms with Crippen molar-refractivity contribution in [2.45, 2.75) is 32.4 Å². The van der Waals surface area contributed by atoms with Gasteiger partial charge in [0.05, 0.1) is 15.6 Å². The zero-order valence-electron chi connectivity index (χ0n) is 14.4. The third kappa shape index (κ3) is 4.51. The molecule has 0 aliphatic heterocycles. The van der Waals surface area contributed by atoms with Gasteiger partial charge in [-0.1, -0.05) is 41.9 Å². The summed E-state index contributed by atoms with van der Waals surface area (Å²) < 4.78 is 0. The second kappa shape index (κ2) is 8.01. The van der Waals surface area contributed by atoms with Crippen LogP contribution in [-0.2, 0) is 6.54 Å². The van der Waals surface area contributed by atoms with E-state index in [-0.39, 0.29) is 11.7 Å². The van der Waals surface area contributed by atoms with E-state index in [0.29, 0.717) is 28.3 Å². The molecule has 0 amide bonds. The van der Waals surface area contributed by atoms with Gasteiger partial charge in [-0.15, -0.1) is 0 Å². The molecule has 5 nitrogen and oxygen atoms in total. The fourth-order valence-corrected chi connectivity index (χ4v) is 3.43. The second-order valence-electron chi connectivity index (χ2n) is 6.54. The minimum absolute atomic E-state index is 0.0236. The van der Waals surface area contributed by atoms with Crippen LogP contribution < -0.4 is 5.32 Å². The molecule has 1 atom stereocenters. The van der Waals surface area contributed by atoms with Crippen molar-refractivity contribution in [3.05, 3.63) is 69.2 Å². The quantitative estimate of drug-likeness (QED) is 0.415. The standard InChI is InChI=1S/C19H20ClN3O2S/c1-13(15-7-8-15)22(12-14-5-3-2-4-6-14)19(26)21-18-11-16(23(24)25)9-10-17(18)20/h2-6,9-11,13,15H,7-8,12H2,1H3,(H,21,26). The van der Waals surface area contributed by atoms with E-state index in [0.717, 1.165) is 5.56 Å². The first-order chi connectivity index (χ1) is 12.5. The average Bonchev–Trinajstić information content (AvgIpc) is 3.46. The fraction of sp³-hybridized carbons (Fsp3) is 0.316. The molecule has 1 aliphatic carbocycles. The van der Waals surface area contributed by atoms with Gasteiger partial charge in [-0.3, -0.25) is 10.1 Å². The summed E-state index contributed by atoms with van der Waals surface area (Å²) in [6, 6.07) is 14.7. The predicted octanol–water partition coefficient (Wildman–Crippen LogP) is 5.25. The molecule has 2 aromatic rings. The second-order valence-corrected chi connectivity index (χ2v) is 7.34. The smallest absolute Gasteiger partial charge is 0.271 e. The van der Waals surface area contributed by atoms with Crippen LogP contribution in [0.25, 0.3) is 0 Å². The molecule has 0 spiro atoms. The number of nitrogens with one attached hydrogen (secondary N) is 1. The molecule has 0 bridgehead atoms. The van der Waals surface area contributed by atoms with Crippen LogP contribution in [-0.4, -0.2) is 21.0 Å². The van der Waals surface area contributed by atoms with Crippen molar-refractivity contribution in [3.8, 4) is 0 Å². The summed E-state index contributed by atoms with van der Waals surface area (Å²) in [7, 11) is 0. The number of nitrogens with zero attached hydrogens (tertiary/aromatic N) is 2. The lowest BCUT2D eigenvalue weighted by atomic mass is 10.1. The van der Waals surface area contributed by atoms with Gasteiger partial charge in [0, 0.05) is 24.7 Å². The molecule has 0 saturated heterocycles. The lowest BCUT2D eigenvalue weighted by molar-refractivity contribution is -0.384. The third-order valence-corrected chi connectivity index (χ3v) is 5.32. The van der Waals surface area contributed by atoms with Crippen LogP contribution in [0.5, 0.6) is 0 Å². The highest BCUT2D eigenvalue weighted by molar-refractivity contribution is 7.80. The largest absolute Gasteiger partial charge is 0.342 e. The molecule has 1 unspecified atom stereocenters. The lowest BCUT2D eigenvalue weighted by Crippen LogP contribution is -2.41. The maximum atomic E-state index is 11.0. The van der Waals surface area contributed by atoms with Gasteiger partial charge in [-0.25, -0.2) is 0 Å². The van der Waals surface area contributed by atoms with Gasteiger partial charge < -0.3 is 10.2 Å². The zero-order chi connectivity index (χ0) is 18.7. The van der Waals surface area contributed by atoms with Crippen LogP contribution in [0.4, 0.5) is 11.4 Å². The number of hydrogen-bond donors (Lipinski definition) is 1. The van der Waals surface area contributed by atoms with Crippen LogP contribution >= 0.6 is 23.8 Å². The van der Waals surface area contributed by atoms with Crippen molar-refractivity contribution in [2.75, 3.05) is 5.32 Å². The Labute approximate surface area is 163 Å². The maximum Gasteiger partial charge on any atom is 0.271 e. The monoisotopic (exact) mass is 389 g/mol. The summed E-state index contributed by atoms with van der Waals surface area (Å²) in [5.41, 5.74) is 1.59. The van der Waals surface area contributed by atoms with Crippen molar-refractivity contribution >= 4 is 40.3 Å². The normalized spacial score (nSPS) is 14.5. The number of halogens is 1. The SMILES string of the molecule is CC(C1CC1)N(Cc1ccccc1)C(=S)Nc1cc([N+](=O)[O-])ccc1Cl. The Hall–Kier alpha value is -2.18. The number of rotatable bonds is 6. The first-order valence-electron chi connectivity index (χ1n) is 8.51. The zero-order valence-corrected chi connectivity index (χ0v) is 16.0. The number of anilines is 1. The first-order valence-corrected chi connectivity index (χ1v) is 9.30. The van der Waals surface area contributed by atoms with E-state index in [9.17, 15) is 10.1 Å². The van der Waals surface area contributed by atoms with E-state index >= 15 is 0 Å². The van der Waals surface area contributed by atoms with E-state index in [4.69, 9.17) is 23.8 Å². The van der Waals surface area contributed by atoms with Crippen LogP contribution in [0, 0.1) is 16.0 Å². The van der Waals surface area contributed by atoms with E-state index < -0.39 is 4.92 Å². The predicted molar refractivity (Wildman–Crippen MR) is 108 cm³/mol. The Morgan fingerprint density at radius 1 is 1.35 bits per heavy atom. The van der Waals surface area contributed by atoms with Crippen LogP contribution in [0.2, 0.25) is 5.02 Å². The van der Waals surface area contributed by atoms with E-state index in [2.05, 4.69) is 29.3 Å². The highest BCUT2D eigenvalue weighted by Gasteiger charge is 2.33. The molecule has 1 N–H and O–H groups in total. The van der Waals surface area contributed by atoms with Gasteiger partial charge in [0.25, 0.3) is 5.69 Å². The third-order valence-electron chi connectivity index (χ3n) is 4.65. The molecule has 136 valence electrons. The summed E-state index contributed by atoms with van der Waals surface area (Å²) in [4.78, 5) is 12.7. The van der Waals surface area contributed by atoms with Crippen LogP contribution in [0.15, 0.2) is 48.5 Å². The summed E-state index contributed by atoms with van der Waals surface area (Å²) >= 11 is 11.8. The number of non-ortho nitro benzene ring substituents is 1. The fourth-order valence-electron chi connectivity index (χ4n) is 2.92. The van der Waals surface area contributed by atoms with Crippen LogP contribution in [0.1, 0.15) is 25.3 Å². The highest BCUT2D eigenvalue weighted by atomic mass is 35.5. The molecular formula is C19H20ClN3O2S. The molecule has 7 heteroatoms. The molecule has 0 aromatic heterocycles. The van der Waals surface area contributed by atoms with Crippen LogP contribution in [0.3, 0.4) is 0 Å². The minimum Gasteiger partial charge on any atom is -0.342 e. The molecule has 26 heavy (non-hydrogen) atoms. The Kier molecular flexibility index (Phi) is 5.74. The van der Waals surface area contributed by atoms with Gasteiger partial charge >= 0.3 is 0 Å². The molecule has 0 radical (unpaired) electrons. The number of benzene rings is 2. The highest BCUT2D eigenvalue weighted by Crippen LogP contribution is 2.36. The number of nitro groups is 1. The van der Waals surface area contributed by atoms with Gasteiger partial charge in [-0.05, 0) is 49.5 Å². The van der Waals surface area contributed by atoms with Crippen molar-refractivity contribution in [1.82, 2.24) is 4.90 Å². The molecule has 1 aliphatic rings. The first kappa shape index (κ1) is 18.6. The molecule has 3 rings (SSSR count). The summed E-state index contributed by atoms with van der Waals surface area (Å²) in [6.45, 7) is 2.85. The number of thiocarbonyl (C=S) groups is 1. The Bertz CT molecular complexity index is 812. The summed E-state index contributed by atoms with van der Waals surface area (Å²) in [6.07, 6.45) is 2.40. The summed E-state index contributed by atoms with van der Waals surface area (Å²) in [5.74, 6) is 0.624. The van der Waals surface area contributed by atoms with Crippen molar-refractivity contribution in [3.63, 3.8) is 0 Å². The Morgan fingerprint density at radius 3 is 2.65 bits per heavy atom. The molecular weight excluding hydrogens is 370 g/mol.